The SMILES string of the molecule is CN(C)C(C)(O)c1ccco1.Cl. The Hall–Kier alpha value is -0.510. The lowest BCUT2D eigenvalue weighted by molar-refractivity contribution is -0.0881. The first-order chi connectivity index (χ1) is 5.05. The van der Waals surface area contributed by atoms with Crippen LogP contribution in [0.15, 0.2) is 22.8 Å². The summed E-state index contributed by atoms with van der Waals surface area (Å²) in [4.78, 5) is 1.69. The smallest absolute Gasteiger partial charge is 0.174 e. The van der Waals surface area contributed by atoms with Crippen LogP contribution in [-0.2, 0) is 5.72 Å². The molecule has 70 valence electrons. The van der Waals surface area contributed by atoms with Crippen molar-refractivity contribution in [3.63, 3.8) is 0 Å². The molecule has 1 rings (SSSR count). The van der Waals surface area contributed by atoms with E-state index < -0.39 is 5.72 Å². The van der Waals surface area contributed by atoms with Gasteiger partial charge < -0.3 is 9.52 Å². The van der Waals surface area contributed by atoms with Crippen LogP contribution in [0, 0.1) is 0 Å². The summed E-state index contributed by atoms with van der Waals surface area (Å²) in [6.07, 6.45) is 1.55. The first kappa shape index (κ1) is 11.5. The van der Waals surface area contributed by atoms with Crippen LogP contribution >= 0.6 is 12.4 Å². The minimum absolute atomic E-state index is 0. The molecule has 1 heterocycles. The van der Waals surface area contributed by atoms with E-state index in [9.17, 15) is 5.11 Å². The van der Waals surface area contributed by atoms with E-state index in [1.807, 2.05) is 0 Å². The quantitative estimate of drug-likeness (QED) is 0.719. The molecule has 0 fully saturated rings. The average Bonchev–Trinajstić information content (AvgIpc) is 2.37. The lowest BCUT2D eigenvalue weighted by atomic mass is 10.2. The summed E-state index contributed by atoms with van der Waals surface area (Å²) in [6, 6.07) is 3.51. The van der Waals surface area contributed by atoms with E-state index in [0.717, 1.165) is 0 Å². The van der Waals surface area contributed by atoms with Crippen LogP contribution in [0.4, 0.5) is 0 Å². The Morgan fingerprint density at radius 1 is 1.50 bits per heavy atom. The predicted molar refractivity (Wildman–Crippen MR) is 49.2 cm³/mol. The van der Waals surface area contributed by atoms with E-state index in [1.165, 1.54) is 0 Å². The molecule has 0 saturated heterocycles. The maximum Gasteiger partial charge on any atom is 0.174 e. The molecule has 0 radical (unpaired) electrons. The Balaban J connectivity index is 0.00000121. The van der Waals surface area contributed by atoms with E-state index >= 15 is 0 Å². The third-order valence-electron chi connectivity index (χ3n) is 1.86. The van der Waals surface area contributed by atoms with Crippen molar-refractivity contribution in [2.24, 2.45) is 0 Å². The summed E-state index contributed by atoms with van der Waals surface area (Å²) in [7, 11) is 3.59. The van der Waals surface area contributed by atoms with Crippen LogP contribution in [0.1, 0.15) is 12.7 Å². The molecule has 0 aliphatic carbocycles. The lowest BCUT2D eigenvalue weighted by Gasteiger charge is -2.28. The number of nitrogens with zero attached hydrogens (tertiary/aromatic N) is 1. The van der Waals surface area contributed by atoms with Gasteiger partial charge in [-0.05, 0) is 33.2 Å². The van der Waals surface area contributed by atoms with E-state index in [1.54, 1.807) is 44.3 Å². The van der Waals surface area contributed by atoms with Gasteiger partial charge in [0.2, 0.25) is 0 Å². The summed E-state index contributed by atoms with van der Waals surface area (Å²) in [5, 5.41) is 9.78. The van der Waals surface area contributed by atoms with E-state index in [4.69, 9.17) is 4.42 Å². The van der Waals surface area contributed by atoms with Crippen LogP contribution in [0.3, 0.4) is 0 Å². The van der Waals surface area contributed by atoms with Crippen LogP contribution in [0.2, 0.25) is 0 Å². The van der Waals surface area contributed by atoms with Crippen molar-refractivity contribution >= 4 is 12.4 Å². The van der Waals surface area contributed by atoms with Crippen LogP contribution in [0.5, 0.6) is 0 Å². The second-order valence-electron chi connectivity index (χ2n) is 2.89. The van der Waals surface area contributed by atoms with Gasteiger partial charge >= 0.3 is 0 Å². The molecular weight excluding hydrogens is 178 g/mol. The predicted octanol–water partition coefficient (Wildman–Crippen LogP) is 1.43. The first-order valence-electron chi connectivity index (χ1n) is 3.49. The minimum Gasteiger partial charge on any atom is -0.465 e. The fourth-order valence-electron chi connectivity index (χ4n) is 0.768. The zero-order chi connectivity index (χ0) is 8.48. The Bertz CT molecular complexity index is 219. The fraction of sp³-hybridized carbons (Fsp3) is 0.500. The molecule has 0 aromatic carbocycles. The van der Waals surface area contributed by atoms with Gasteiger partial charge in [-0.1, -0.05) is 0 Å². The summed E-state index contributed by atoms with van der Waals surface area (Å²) in [5.74, 6) is 0.558. The van der Waals surface area contributed by atoms with Crippen molar-refractivity contribution in [1.29, 1.82) is 0 Å². The third kappa shape index (κ3) is 2.00. The van der Waals surface area contributed by atoms with Gasteiger partial charge in [0.25, 0.3) is 0 Å². The highest BCUT2D eigenvalue weighted by atomic mass is 35.5. The van der Waals surface area contributed by atoms with E-state index in [0.29, 0.717) is 5.76 Å². The monoisotopic (exact) mass is 191 g/mol. The summed E-state index contributed by atoms with van der Waals surface area (Å²) < 4.78 is 5.07. The second kappa shape index (κ2) is 3.94. The van der Waals surface area contributed by atoms with Crippen molar-refractivity contribution < 1.29 is 9.52 Å². The number of furan rings is 1. The normalized spacial score (nSPS) is 15.4. The molecule has 1 atom stereocenters. The van der Waals surface area contributed by atoms with Crippen molar-refractivity contribution in [3.05, 3.63) is 24.2 Å². The van der Waals surface area contributed by atoms with Crippen molar-refractivity contribution in [2.45, 2.75) is 12.6 Å². The molecule has 0 bridgehead atoms. The topological polar surface area (TPSA) is 36.6 Å². The van der Waals surface area contributed by atoms with Crippen molar-refractivity contribution in [3.8, 4) is 0 Å². The third-order valence-corrected chi connectivity index (χ3v) is 1.86. The first-order valence-corrected chi connectivity index (χ1v) is 3.49. The minimum atomic E-state index is -1.01. The van der Waals surface area contributed by atoms with Crippen molar-refractivity contribution in [2.75, 3.05) is 14.1 Å². The van der Waals surface area contributed by atoms with Gasteiger partial charge in [0.1, 0.15) is 5.76 Å². The van der Waals surface area contributed by atoms with Gasteiger partial charge in [-0.2, -0.15) is 0 Å². The Kier molecular flexibility index (Phi) is 3.77. The van der Waals surface area contributed by atoms with Crippen molar-refractivity contribution in [1.82, 2.24) is 4.90 Å². The molecule has 0 amide bonds. The maximum absolute atomic E-state index is 9.78. The zero-order valence-corrected chi connectivity index (χ0v) is 8.26. The van der Waals surface area contributed by atoms with Crippen LogP contribution in [0.25, 0.3) is 0 Å². The van der Waals surface area contributed by atoms with Gasteiger partial charge in [0.05, 0.1) is 6.26 Å². The van der Waals surface area contributed by atoms with Gasteiger partial charge in [-0.3, -0.25) is 4.90 Å². The summed E-state index contributed by atoms with van der Waals surface area (Å²) in [6.45, 7) is 1.69. The van der Waals surface area contributed by atoms with Crippen LogP contribution in [-0.4, -0.2) is 24.1 Å². The molecule has 1 aromatic rings. The Labute approximate surface area is 78.4 Å². The number of aliphatic hydroxyl groups is 1. The molecule has 0 spiro atoms. The molecule has 0 aliphatic rings. The molecule has 3 nitrogen and oxygen atoms in total. The number of hydrogen-bond acceptors (Lipinski definition) is 3. The summed E-state index contributed by atoms with van der Waals surface area (Å²) >= 11 is 0. The molecule has 0 saturated carbocycles. The van der Waals surface area contributed by atoms with Gasteiger partial charge in [-0.15, -0.1) is 12.4 Å². The second-order valence-corrected chi connectivity index (χ2v) is 2.89. The highest BCUT2D eigenvalue weighted by Gasteiger charge is 2.28. The number of rotatable bonds is 2. The van der Waals surface area contributed by atoms with Crippen LogP contribution < -0.4 is 0 Å². The molecule has 1 aromatic heterocycles. The summed E-state index contributed by atoms with van der Waals surface area (Å²) in [5.41, 5.74) is -1.01. The molecule has 1 N–H and O–H groups in total. The Morgan fingerprint density at radius 3 is 2.42 bits per heavy atom. The standard InChI is InChI=1S/C8H13NO2.ClH/c1-8(10,9(2)3)7-5-4-6-11-7;/h4-6,10H,1-3H3;1H. The number of halogens is 1. The lowest BCUT2D eigenvalue weighted by Crippen LogP contribution is -2.37. The zero-order valence-electron chi connectivity index (χ0n) is 7.44. The van der Waals surface area contributed by atoms with E-state index in [2.05, 4.69) is 0 Å². The van der Waals surface area contributed by atoms with Gasteiger partial charge in [0.15, 0.2) is 5.72 Å². The number of hydrogen-bond donors (Lipinski definition) is 1. The molecule has 4 heteroatoms. The molecule has 1 unspecified atom stereocenters. The van der Waals surface area contributed by atoms with Gasteiger partial charge in [-0.25, -0.2) is 0 Å². The maximum atomic E-state index is 9.78. The highest BCUT2D eigenvalue weighted by molar-refractivity contribution is 5.85. The van der Waals surface area contributed by atoms with E-state index in [-0.39, 0.29) is 12.4 Å². The fourth-order valence-corrected chi connectivity index (χ4v) is 0.768. The molecule has 0 aliphatic heterocycles. The Morgan fingerprint density at radius 2 is 2.08 bits per heavy atom. The molecular formula is C8H14ClNO2. The molecule has 12 heavy (non-hydrogen) atoms. The highest BCUT2D eigenvalue weighted by Crippen LogP contribution is 2.22. The average molecular weight is 192 g/mol. The van der Waals surface area contributed by atoms with Gasteiger partial charge in [0, 0.05) is 0 Å². The largest absolute Gasteiger partial charge is 0.465 e.